The zero-order chi connectivity index (χ0) is 8.81. The van der Waals surface area contributed by atoms with E-state index in [4.69, 9.17) is 5.73 Å². The van der Waals surface area contributed by atoms with E-state index in [1.54, 1.807) is 0 Å². The highest BCUT2D eigenvalue weighted by Crippen LogP contribution is 2.12. The molecule has 0 spiro atoms. The van der Waals surface area contributed by atoms with Gasteiger partial charge in [0.2, 0.25) is 0 Å². The summed E-state index contributed by atoms with van der Waals surface area (Å²) in [5.74, 6) is 0. The third-order valence-corrected chi connectivity index (χ3v) is 2.66. The lowest BCUT2D eigenvalue weighted by Crippen LogP contribution is -2.38. The van der Waals surface area contributed by atoms with Crippen LogP contribution in [0.3, 0.4) is 0 Å². The van der Waals surface area contributed by atoms with Crippen LogP contribution in [-0.2, 0) is 0 Å². The number of piperidine rings is 1. The predicted molar refractivity (Wildman–Crippen MR) is 53.1 cm³/mol. The quantitative estimate of drug-likeness (QED) is 0.673. The third-order valence-electron chi connectivity index (χ3n) is 2.66. The molecular formula is C10H22N2. The lowest BCUT2D eigenvalue weighted by atomic mass is 9.96. The summed E-state index contributed by atoms with van der Waals surface area (Å²) in [6, 6.07) is 1.13. The summed E-state index contributed by atoms with van der Waals surface area (Å²) < 4.78 is 0. The van der Waals surface area contributed by atoms with E-state index >= 15 is 0 Å². The molecule has 1 aliphatic rings. The average Bonchev–Trinajstić information content (AvgIpc) is 2.06. The Balaban J connectivity index is 2.11. The van der Waals surface area contributed by atoms with Crippen molar-refractivity contribution in [1.82, 2.24) is 5.32 Å². The molecule has 1 heterocycles. The Hall–Kier alpha value is -0.0800. The minimum atomic E-state index is 0.422. The molecule has 12 heavy (non-hydrogen) atoms. The standard InChI is InChI=1S/C10H22N2/c1-2-5-9(11)8-10-6-3-4-7-12-10/h9-10,12H,2-8,11H2,1H3. The third kappa shape index (κ3) is 3.55. The maximum absolute atomic E-state index is 5.98. The van der Waals surface area contributed by atoms with Crippen LogP contribution in [0.5, 0.6) is 0 Å². The Kier molecular flexibility index (Phi) is 4.62. The Bertz CT molecular complexity index is 108. The van der Waals surface area contributed by atoms with Gasteiger partial charge in [-0.3, -0.25) is 0 Å². The molecule has 0 aromatic heterocycles. The average molecular weight is 170 g/mol. The van der Waals surface area contributed by atoms with Gasteiger partial charge in [0.15, 0.2) is 0 Å². The first kappa shape index (κ1) is 10.0. The fourth-order valence-electron chi connectivity index (χ4n) is 1.98. The van der Waals surface area contributed by atoms with Crippen molar-refractivity contribution >= 4 is 0 Å². The zero-order valence-corrected chi connectivity index (χ0v) is 8.18. The first-order chi connectivity index (χ1) is 5.83. The Morgan fingerprint density at radius 2 is 2.33 bits per heavy atom. The van der Waals surface area contributed by atoms with E-state index in [2.05, 4.69) is 12.2 Å². The van der Waals surface area contributed by atoms with E-state index in [-0.39, 0.29) is 0 Å². The highest BCUT2D eigenvalue weighted by molar-refractivity contribution is 4.76. The van der Waals surface area contributed by atoms with E-state index in [0.29, 0.717) is 12.1 Å². The zero-order valence-electron chi connectivity index (χ0n) is 8.18. The molecule has 2 heteroatoms. The Labute approximate surface area is 75.9 Å². The second kappa shape index (κ2) is 5.55. The van der Waals surface area contributed by atoms with Crippen molar-refractivity contribution < 1.29 is 0 Å². The van der Waals surface area contributed by atoms with Gasteiger partial charge in [0.05, 0.1) is 0 Å². The minimum absolute atomic E-state index is 0.422. The highest BCUT2D eigenvalue weighted by atomic mass is 14.9. The monoisotopic (exact) mass is 170 g/mol. The summed E-state index contributed by atoms with van der Waals surface area (Å²) in [6.45, 7) is 3.40. The Morgan fingerprint density at radius 1 is 1.50 bits per heavy atom. The van der Waals surface area contributed by atoms with Crippen LogP contribution in [0.2, 0.25) is 0 Å². The summed E-state index contributed by atoms with van der Waals surface area (Å²) >= 11 is 0. The van der Waals surface area contributed by atoms with Crippen LogP contribution < -0.4 is 11.1 Å². The Morgan fingerprint density at radius 3 is 2.92 bits per heavy atom. The molecule has 2 unspecified atom stereocenters. The molecule has 0 amide bonds. The van der Waals surface area contributed by atoms with Crippen molar-refractivity contribution in [3.05, 3.63) is 0 Å². The molecule has 1 rings (SSSR count). The molecule has 1 saturated heterocycles. The SMILES string of the molecule is CCCC(N)CC1CCCCN1. The molecule has 1 fully saturated rings. The summed E-state index contributed by atoms with van der Waals surface area (Å²) in [5.41, 5.74) is 5.98. The summed E-state index contributed by atoms with van der Waals surface area (Å²) in [4.78, 5) is 0. The van der Waals surface area contributed by atoms with E-state index in [1.165, 1.54) is 45.1 Å². The van der Waals surface area contributed by atoms with Gasteiger partial charge in [0, 0.05) is 12.1 Å². The molecule has 0 radical (unpaired) electrons. The summed E-state index contributed by atoms with van der Waals surface area (Å²) in [7, 11) is 0. The van der Waals surface area contributed by atoms with Crippen molar-refractivity contribution in [2.45, 2.75) is 57.5 Å². The van der Waals surface area contributed by atoms with E-state index in [9.17, 15) is 0 Å². The largest absolute Gasteiger partial charge is 0.328 e. The topological polar surface area (TPSA) is 38.0 Å². The van der Waals surface area contributed by atoms with Crippen molar-refractivity contribution in [3.8, 4) is 0 Å². The highest BCUT2D eigenvalue weighted by Gasteiger charge is 2.14. The van der Waals surface area contributed by atoms with Crippen LogP contribution in [0.1, 0.15) is 45.4 Å². The number of nitrogens with one attached hydrogen (secondary N) is 1. The second-order valence-corrected chi connectivity index (χ2v) is 3.93. The minimum Gasteiger partial charge on any atom is -0.328 e. The second-order valence-electron chi connectivity index (χ2n) is 3.93. The lowest BCUT2D eigenvalue weighted by molar-refractivity contribution is 0.353. The van der Waals surface area contributed by atoms with Crippen LogP contribution in [0, 0.1) is 0 Å². The molecule has 0 saturated carbocycles. The van der Waals surface area contributed by atoms with Crippen molar-refractivity contribution in [1.29, 1.82) is 0 Å². The number of hydrogen-bond donors (Lipinski definition) is 2. The maximum Gasteiger partial charge on any atom is 0.00817 e. The fourth-order valence-corrected chi connectivity index (χ4v) is 1.98. The van der Waals surface area contributed by atoms with Crippen molar-refractivity contribution in [2.24, 2.45) is 5.73 Å². The van der Waals surface area contributed by atoms with E-state index in [0.717, 1.165) is 0 Å². The predicted octanol–water partition coefficient (Wildman–Crippen LogP) is 1.65. The molecule has 0 aromatic carbocycles. The normalized spacial score (nSPS) is 27.0. The molecule has 0 bridgehead atoms. The first-order valence-corrected chi connectivity index (χ1v) is 5.32. The molecule has 72 valence electrons. The van der Waals surface area contributed by atoms with Gasteiger partial charge in [0.25, 0.3) is 0 Å². The lowest BCUT2D eigenvalue weighted by Gasteiger charge is -2.25. The van der Waals surface area contributed by atoms with Crippen molar-refractivity contribution in [3.63, 3.8) is 0 Å². The van der Waals surface area contributed by atoms with Gasteiger partial charge < -0.3 is 11.1 Å². The molecule has 1 aliphatic heterocycles. The molecular weight excluding hydrogens is 148 g/mol. The van der Waals surface area contributed by atoms with Crippen molar-refractivity contribution in [2.75, 3.05) is 6.54 Å². The summed E-state index contributed by atoms with van der Waals surface area (Å²) in [5, 5.41) is 3.53. The molecule has 0 aliphatic carbocycles. The first-order valence-electron chi connectivity index (χ1n) is 5.32. The van der Waals surface area contributed by atoms with Crippen LogP contribution in [0.15, 0.2) is 0 Å². The molecule has 2 atom stereocenters. The van der Waals surface area contributed by atoms with Gasteiger partial charge in [-0.05, 0) is 32.2 Å². The fraction of sp³-hybridized carbons (Fsp3) is 1.00. The van der Waals surface area contributed by atoms with Gasteiger partial charge in [-0.2, -0.15) is 0 Å². The van der Waals surface area contributed by atoms with Gasteiger partial charge in [-0.15, -0.1) is 0 Å². The van der Waals surface area contributed by atoms with Gasteiger partial charge in [-0.1, -0.05) is 19.8 Å². The number of nitrogens with two attached hydrogens (primary N) is 1. The molecule has 3 N–H and O–H groups in total. The van der Waals surface area contributed by atoms with Crippen LogP contribution in [0.25, 0.3) is 0 Å². The summed E-state index contributed by atoms with van der Waals surface area (Å²) in [6.07, 6.45) is 7.63. The van der Waals surface area contributed by atoms with Crippen LogP contribution in [0.4, 0.5) is 0 Å². The maximum atomic E-state index is 5.98. The van der Waals surface area contributed by atoms with E-state index < -0.39 is 0 Å². The van der Waals surface area contributed by atoms with Gasteiger partial charge >= 0.3 is 0 Å². The van der Waals surface area contributed by atoms with Gasteiger partial charge in [0.1, 0.15) is 0 Å². The number of rotatable bonds is 4. The molecule has 2 nitrogen and oxygen atoms in total. The van der Waals surface area contributed by atoms with Gasteiger partial charge in [-0.25, -0.2) is 0 Å². The van der Waals surface area contributed by atoms with E-state index in [1.807, 2.05) is 0 Å². The number of hydrogen-bond acceptors (Lipinski definition) is 2. The van der Waals surface area contributed by atoms with Crippen LogP contribution in [-0.4, -0.2) is 18.6 Å². The van der Waals surface area contributed by atoms with Crippen LogP contribution >= 0.6 is 0 Å². The smallest absolute Gasteiger partial charge is 0.00817 e. The molecule has 0 aromatic rings.